The summed E-state index contributed by atoms with van der Waals surface area (Å²) in [6.07, 6.45) is 10.2. The van der Waals surface area contributed by atoms with Crippen LogP contribution in [0.2, 0.25) is 0 Å². The van der Waals surface area contributed by atoms with Crippen LogP contribution < -0.4 is 5.32 Å². The molecule has 2 rings (SSSR count). The zero-order valence-electron chi connectivity index (χ0n) is 9.32. The van der Waals surface area contributed by atoms with Crippen LogP contribution in [-0.2, 0) is 13.1 Å². The molecular formula is C12H19N3. The predicted molar refractivity (Wildman–Crippen MR) is 61.5 cm³/mol. The molecule has 1 aliphatic carbocycles. The van der Waals surface area contributed by atoms with E-state index >= 15 is 0 Å². The van der Waals surface area contributed by atoms with Crippen molar-refractivity contribution < 1.29 is 0 Å². The number of aryl methyl sites for hydroxylation is 1. The van der Waals surface area contributed by atoms with Gasteiger partial charge in [0.2, 0.25) is 0 Å². The summed E-state index contributed by atoms with van der Waals surface area (Å²) in [4.78, 5) is 0. The molecule has 0 aliphatic heterocycles. The highest BCUT2D eigenvalue weighted by molar-refractivity contribution is 5.03. The Labute approximate surface area is 91.2 Å². The van der Waals surface area contributed by atoms with Crippen molar-refractivity contribution >= 4 is 0 Å². The Kier molecular flexibility index (Phi) is 3.56. The number of aromatic nitrogens is 2. The summed E-state index contributed by atoms with van der Waals surface area (Å²) in [7, 11) is 0. The average Bonchev–Trinajstić information content (AvgIpc) is 2.75. The highest BCUT2D eigenvalue weighted by atomic mass is 15.3. The van der Waals surface area contributed by atoms with Gasteiger partial charge in [0.05, 0.1) is 5.69 Å². The fourth-order valence-corrected chi connectivity index (χ4v) is 2.01. The van der Waals surface area contributed by atoms with Crippen molar-refractivity contribution in [3.05, 3.63) is 30.1 Å². The second kappa shape index (κ2) is 5.12. The lowest BCUT2D eigenvalue weighted by Gasteiger charge is -2.18. The van der Waals surface area contributed by atoms with Crippen LogP contribution in [0.3, 0.4) is 0 Å². The van der Waals surface area contributed by atoms with E-state index in [0.717, 1.165) is 13.1 Å². The monoisotopic (exact) mass is 205 g/mol. The summed E-state index contributed by atoms with van der Waals surface area (Å²) in [5.41, 5.74) is 1.27. The molecule has 1 aliphatic rings. The molecule has 82 valence electrons. The summed E-state index contributed by atoms with van der Waals surface area (Å²) < 4.78 is 2.04. The molecule has 0 amide bonds. The standard InChI is InChI=1S/C12H19N3/c1-2-15-12(8-9-14-15)10-13-11-6-4-3-5-7-11/h4,6,8-9,11,13H,2-3,5,7,10H2,1H3. The van der Waals surface area contributed by atoms with E-state index in [1.165, 1.54) is 25.0 Å². The van der Waals surface area contributed by atoms with Crippen LogP contribution >= 0.6 is 0 Å². The van der Waals surface area contributed by atoms with Gasteiger partial charge in [0.25, 0.3) is 0 Å². The molecule has 0 spiro atoms. The first kappa shape index (κ1) is 10.4. The molecule has 3 heteroatoms. The van der Waals surface area contributed by atoms with E-state index in [2.05, 4.69) is 35.6 Å². The molecule has 1 heterocycles. The van der Waals surface area contributed by atoms with Crippen molar-refractivity contribution in [2.24, 2.45) is 0 Å². The van der Waals surface area contributed by atoms with E-state index < -0.39 is 0 Å². The van der Waals surface area contributed by atoms with Gasteiger partial charge in [-0.1, -0.05) is 12.2 Å². The van der Waals surface area contributed by atoms with Crippen molar-refractivity contribution in [1.29, 1.82) is 0 Å². The van der Waals surface area contributed by atoms with Crippen LogP contribution in [0.15, 0.2) is 24.4 Å². The lowest BCUT2D eigenvalue weighted by molar-refractivity contribution is 0.500. The first-order valence-electron chi connectivity index (χ1n) is 5.81. The van der Waals surface area contributed by atoms with Crippen molar-refractivity contribution in [1.82, 2.24) is 15.1 Å². The third-order valence-corrected chi connectivity index (χ3v) is 2.90. The molecule has 1 aromatic heterocycles. The third kappa shape index (κ3) is 2.69. The van der Waals surface area contributed by atoms with Gasteiger partial charge in [-0.15, -0.1) is 0 Å². The summed E-state index contributed by atoms with van der Waals surface area (Å²) >= 11 is 0. The van der Waals surface area contributed by atoms with Gasteiger partial charge in [0.15, 0.2) is 0 Å². The molecule has 0 fully saturated rings. The lowest BCUT2D eigenvalue weighted by Crippen LogP contribution is -2.28. The van der Waals surface area contributed by atoms with Crippen molar-refractivity contribution in [2.45, 2.75) is 45.3 Å². The van der Waals surface area contributed by atoms with E-state index in [1.807, 2.05) is 10.9 Å². The number of rotatable bonds is 4. The number of hydrogen-bond donors (Lipinski definition) is 1. The van der Waals surface area contributed by atoms with Gasteiger partial charge in [-0.3, -0.25) is 4.68 Å². The van der Waals surface area contributed by atoms with Gasteiger partial charge in [-0.25, -0.2) is 0 Å². The summed E-state index contributed by atoms with van der Waals surface area (Å²) in [5, 5.41) is 7.81. The molecule has 1 atom stereocenters. The van der Waals surface area contributed by atoms with Crippen molar-refractivity contribution in [2.75, 3.05) is 0 Å². The largest absolute Gasteiger partial charge is 0.305 e. The predicted octanol–water partition coefficient (Wildman–Crippen LogP) is 2.10. The number of allylic oxidation sites excluding steroid dienone is 1. The Morgan fingerprint density at radius 1 is 1.60 bits per heavy atom. The van der Waals surface area contributed by atoms with Gasteiger partial charge in [-0.2, -0.15) is 5.10 Å². The van der Waals surface area contributed by atoms with Crippen molar-refractivity contribution in [3.63, 3.8) is 0 Å². The fraction of sp³-hybridized carbons (Fsp3) is 0.583. The molecule has 0 radical (unpaired) electrons. The molecule has 1 aromatic rings. The first-order chi connectivity index (χ1) is 7.40. The summed E-state index contributed by atoms with van der Waals surface area (Å²) in [5.74, 6) is 0. The Bertz CT molecular complexity index is 327. The summed E-state index contributed by atoms with van der Waals surface area (Å²) in [6.45, 7) is 3.99. The Morgan fingerprint density at radius 2 is 2.53 bits per heavy atom. The van der Waals surface area contributed by atoms with Crippen LogP contribution in [-0.4, -0.2) is 15.8 Å². The Hall–Kier alpha value is -1.09. The maximum absolute atomic E-state index is 4.26. The minimum atomic E-state index is 0.555. The normalized spacial score (nSPS) is 20.7. The second-order valence-corrected chi connectivity index (χ2v) is 3.98. The average molecular weight is 205 g/mol. The Morgan fingerprint density at radius 3 is 3.27 bits per heavy atom. The minimum absolute atomic E-state index is 0.555. The van der Waals surface area contributed by atoms with Crippen LogP contribution in [0, 0.1) is 0 Å². The van der Waals surface area contributed by atoms with Gasteiger partial charge < -0.3 is 5.32 Å². The zero-order chi connectivity index (χ0) is 10.5. The molecule has 1 N–H and O–H groups in total. The third-order valence-electron chi connectivity index (χ3n) is 2.90. The molecule has 15 heavy (non-hydrogen) atoms. The molecular weight excluding hydrogens is 186 g/mol. The SMILES string of the molecule is CCn1nccc1CNC1C=CCCC1. The highest BCUT2D eigenvalue weighted by Crippen LogP contribution is 2.10. The van der Waals surface area contributed by atoms with Crippen LogP contribution in [0.5, 0.6) is 0 Å². The van der Waals surface area contributed by atoms with E-state index in [0.29, 0.717) is 6.04 Å². The second-order valence-electron chi connectivity index (χ2n) is 3.98. The number of hydrogen-bond acceptors (Lipinski definition) is 2. The lowest BCUT2D eigenvalue weighted by atomic mass is 10.0. The quantitative estimate of drug-likeness (QED) is 0.763. The minimum Gasteiger partial charge on any atom is -0.305 e. The first-order valence-corrected chi connectivity index (χ1v) is 5.81. The maximum atomic E-state index is 4.26. The van der Waals surface area contributed by atoms with Crippen LogP contribution in [0.25, 0.3) is 0 Å². The van der Waals surface area contributed by atoms with Gasteiger partial charge >= 0.3 is 0 Å². The highest BCUT2D eigenvalue weighted by Gasteiger charge is 2.08. The van der Waals surface area contributed by atoms with E-state index in [4.69, 9.17) is 0 Å². The Balaban J connectivity index is 1.87. The molecule has 0 bridgehead atoms. The topological polar surface area (TPSA) is 29.9 Å². The van der Waals surface area contributed by atoms with Gasteiger partial charge in [0.1, 0.15) is 0 Å². The van der Waals surface area contributed by atoms with E-state index in [1.54, 1.807) is 0 Å². The molecule has 0 saturated carbocycles. The van der Waals surface area contributed by atoms with Crippen LogP contribution in [0.4, 0.5) is 0 Å². The molecule has 1 unspecified atom stereocenters. The van der Waals surface area contributed by atoms with Gasteiger partial charge in [-0.05, 0) is 32.3 Å². The van der Waals surface area contributed by atoms with Crippen LogP contribution in [0.1, 0.15) is 31.9 Å². The zero-order valence-corrected chi connectivity index (χ0v) is 9.32. The number of nitrogens with one attached hydrogen (secondary N) is 1. The van der Waals surface area contributed by atoms with E-state index in [9.17, 15) is 0 Å². The molecule has 3 nitrogen and oxygen atoms in total. The van der Waals surface area contributed by atoms with E-state index in [-0.39, 0.29) is 0 Å². The smallest absolute Gasteiger partial charge is 0.0522 e. The maximum Gasteiger partial charge on any atom is 0.0522 e. The fourth-order valence-electron chi connectivity index (χ4n) is 2.01. The molecule has 0 saturated heterocycles. The number of nitrogens with zero attached hydrogens (tertiary/aromatic N) is 2. The van der Waals surface area contributed by atoms with Crippen molar-refractivity contribution in [3.8, 4) is 0 Å². The summed E-state index contributed by atoms with van der Waals surface area (Å²) in [6, 6.07) is 2.64. The van der Waals surface area contributed by atoms with Gasteiger partial charge in [0, 0.05) is 25.3 Å². The molecule has 0 aromatic carbocycles.